The first-order valence-corrected chi connectivity index (χ1v) is 8.57. The largest absolute Gasteiger partial charge is 0.433 e. The monoisotopic (exact) mass is 390 g/mol. The number of hydrogen-bond acceptors (Lipinski definition) is 5. The molecule has 0 aliphatic heterocycles. The number of halogens is 3. The van der Waals surface area contributed by atoms with Gasteiger partial charge in [0.1, 0.15) is 11.7 Å². The van der Waals surface area contributed by atoms with E-state index in [1.807, 2.05) is 37.3 Å². The Morgan fingerprint density at radius 3 is 2.64 bits per heavy atom. The molecule has 1 atom stereocenters. The third-order valence-electron chi connectivity index (χ3n) is 4.00. The van der Waals surface area contributed by atoms with Crippen LogP contribution >= 0.6 is 0 Å². The lowest BCUT2D eigenvalue weighted by molar-refractivity contribution is -0.141. The summed E-state index contributed by atoms with van der Waals surface area (Å²) in [5.41, 5.74) is -0.0557. The van der Waals surface area contributed by atoms with Gasteiger partial charge in [-0.1, -0.05) is 42.4 Å². The standard InChI is InChI=1S/C19H17F3N4O2/c1-2-14(24-16(27)10-12-6-4-3-5-7-12)18-25-17(26-28-18)13-8-9-23-15(11-13)19(20,21)22/h3-9,11,14H,2,10H2,1H3,(H,24,27)/t14-/m0/s1. The van der Waals surface area contributed by atoms with Gasteiger partial charge >= 0.3 is 6.18 Å². The number of pyridine rings is 1. The highest BCUT2D eigenvalue weighted by Gasteiger charge is 2.33. The van der Waals surface area contributed by atoms with E-state index < -0.39 is 17.9 Å². The van der Waals surface area contributed by atoms with Crippen molar-refractivity contribution < 1.29 is 22.5 Å². The van der Waals surface area contributed by atoms with Gasteiger partial charge in [0.25, 0.3) is 0 Å². The Balaban J connectivity index is 1.73. The number of amides is 1. The van der Waals surface area contributed by atoms with Crippen LogP contribution in [0.25, 0.3) is 11.4 Å². The molecule has 3 rings (SSSR count). The van der Waals surface area contributed by atoms with Crippen LogP contribution in [0, 0.1) is 0 Å². The SMILES string of the molecule is CC[C@H](NC(=O)Cc1ccccc1)c1nc(-c2ccnc(C(F)(F)F)c2)no1. The molecule has 1 N–H and O–H groups in total. The number of rotatable bonds is 6. The van der Waals surface area contributed by atoms with E-state index in [9.17, 15) is 18.0 Å². The predicted molar refractivity (Wildman–Crippen MR) is 93.9 cm³/mol. The minimum Gasteiger partial charge on any atom is -0.344 e. The highest BCUT2D eigenvalue weighted by Crippen LogP contribution is 2.30. The van der Waals surface area contributed by atoms with Crippen molar-refractivity contribution in [2.24, 2.45) is 0 Å². The second kappa shape index (κ2) is 8.20. The van der Waals surface area contributed by atoms with E-state index in [2.05, 4.69) is 20.4 Å². The van der Waals surface area contributed by atoms with Crippen LogP contribution in [-0.2, 0) is 17.4 Å². The molecule has 0 saturated carbocycles. The number of benzene rings is 1. The van der Waals surface area contributed by atoms with E-state index in [-0.39, 0.29) is 29.6 Å². The highest BCUT2D eigenvalue weighted by atomic mass is 19.4. The molecule has 28 heavy (non-hydrogen) atoms. The molecule has 0 radical (unpaired) electrons. The van der Waals surface area contributed by atoms with E-state index in [1.54, 1.807) is 0 Å². The molecule has 0 spiro atoms. The molecule has 146 valence electrons. The summed E-state index contributed by atoms with van der Waals surface area (Å²) in [6.45, 7) is 1.82. The van der Waals surface area contributed by atoms with E-state index in [1.165, 1.54) is 6.07 Å². The summed E-state index contributed by atoms with van der Waals surface area (Å²) in [6, 6.07) is 10.9. The number of hydrogen-bond donors (Lipinski definition) is 1. The fourth-order valence-electron chi connectivity index (χ4n) is 2.58. The fraction of sp³-hybridized carbons (Fsp3) is 0.263. The summed E-state index contributed by atoms with van der Waals surface area (Å²) in [5, 5.41) is 6.54. The van der Waals surface area contributed by atoms with Crippen LogP contribution in [-0.4, -0.2) is 21.0 Å². The zero-order valence-electron chi connectivity index (χ0n) is 14.9. The third-order valence-corrected chi connectivity index (χ3v) is 4.00. The summed E-state index contributed by atoms with van der Waals surface area (Å²) in [6.07, 6.45) is -2.86. The zero-order chi connectivity index (χ0) is 20.1. The predicted octanol–water partition coefficient (Wildman–Crippen LogP) is 3.96. The summed E-state index contributed by atoms with van der Waals surface area (Å²) >= 11 is 0. The van der Waals surface area contributed by atoms with Crippen molar-refractivity contribution in [3.05, 3.63) is 65.8 Å². The lowest BCUT2D eigenvalue weighted by atomic mass is 10.1. The number of carbonyl (C=O) groups is 1. The Morgan fingerprint density at radius 1 is 1.21 bits per heavy atom. The second-order valence-corrected chi connectivity index (χ2v) is 6.07. The molecule has 6 nitrogen and oxygen atoms in total. The van der Waals surface area contributed by atoms with Crippen LogP contribution < -0.4 is 5.32 Å². The van der Waals surface area contributed by atoms with E-state index >= 15 is 0 Å². The van der Waals surface area contributed by atoms with E-state index in [0.29, 0.717) is 6.42 Å². The van der Waals surface area contributed by atoms with E-state index in [0.717, 1.165) is 17.8 Å². The van der Waals surface area contributed by atoms with Crippen molar-refractivity contribution in [3.8, 4) is 11.4 Å². The first-order valence-electron chi connectivity index (χ1n) is 8.57. The van der Waals surface area contributed by atoms with Gasteiger partial charge in [0.2, 0.25) is 17.6 Å². The minimum atomic E-state index is -4.57. The van der Waals surface area contributed by atoms with Gasteiger partial charge in [-0.2, -0.15) is 18.2 Å². The molecular weight excluding hydrogens is 373 g/mol. The van der Waals surface area contributed by atoms with Crippen molar-refractivity contribution in [1.82, 2.24) is 20.4 Å². The molecule has 2 heterocycles. The number of aromatic nitrogens is 3. The summed E-state index contributed by atoms with van der Waals surface area (Å²) < 4.78 is 43.6. The molecule has 1 amide bonds. The minimum absolute atomic E-state index is 0.00124. The van der Waals surface area contributed by atoms with Gasteiger partial charge in [-0.3, -0.25) is 9.78 Å². The van der Waals surface area contributed by atoms with Crippen LogP contribution in [0.4, 0.5) is 13.2 Å². The fourth-order valence-corrected chi connectivity index (χ4v) is 2.58. The van der Waals surface area contributed by atoms with Gasteiger partial charge in [-0.25, -0.2) is 0 Å². The maximum atomic E-state index is 12.8. The first kappa shape index (κ1) is 19.5. The Bertz CT molecular complexity index is 942. The van der Waals surface area contributed by atoms with Gasteiger partial charge in [-0.05, 0) is 24.1 Å². The number of alkyl halides is 3. The summed E-state index contributed by atoms with van der Waals surface area (Å²) in [4.78, 5) is 19.7. The quantitative estimate of drug-likeness (QED) is 0.689. The molecule has 1 aromatic carbocycles. The normalized spacial score (nSPS) is 12.6. The van der Waals surface area contributed by atoms with Crippen LogP contribution in [0.15, 0.2) is 53.2 Å². The lowest BCUT2D eigenvalue weighted by Gasteiger charge is -2.12. The van der Waals surface area contributed by atoms with Crippen molar-refractivity contribution in [2.75, 3.05) is 0 Å². The average molecular weight is 390 g/mol. The van der Waals surface area contributed by atoms with Crippen molar-refractivity contribution in [3.63, 3.8) is 0 Å². The number of carbonyl (C=O) groups excluding carboxylic acids is 1. The summed E-state index contributed by atoms with van der Waals surface area (Å²) in [5.74, 6) is -0.0935. The Labute approximate surface area is 158 Å². The molecule has 0 fully saturated rings. The first-order chi connectivity index (χ1) is 13.4. The molecule has 9 heteroatoms. The molecular formula is C19H17F3N4O2. The maximum Gasteiger partial charge on any atom is 0.433 e. The van der Waals surface area contributed by atoms with Crippen molar-refractivity contribution in [2.45, 2.75) is 32.0 Å². The molecule has 3 aromatic rings. The van der Waals surface area contributed by atoms with Crippen molar-refractivity contribution in [1.29, 1.82) is 0 Å². The van der Waals surface area contributed by atoms with Crippen LogP contribution in [0.3, 0.4) is 0 Å². The Kier molecular flexibility index (Phi) is 5.72. The third kappa shape index (κ3) is 4.73. The summed E-state index contributed by atoms with van der Waals surface area (Å²) in [7, 11) is 0. The van der Waals surface area contributed by atoms with Crippen molar-refractivity contribution >= 4 is 5.91 Å². The average Bonchev–Trinajstić information content (AvgIpc) is 3.16. The maximum absolute atomic E-state index is 12.8. The van der Waals surface area contributed by atoms with E-state index in [4.69, 9.17) is 4.52 Å². The molecule has 0 unspecified atom stereocenters. The smallest absolute Gasteiger partial charge is 0.344 e. The molecule has 0 saturated heterocycles. The van der Waals surface area contributed by atoms with Crippen LogP contribution in [0.2, 0.25) is 0 Å². The van der Waals surface area contributed by atoms with Gasteiger partial charge in [0, 0.05) is 11.8 Å². The number of nitrogens with zero attached hydrogens (tertiary/aromatic N) is 3. The van der Waals surface area contributed by atoms with Gasteiger partial charge in [-0.15, -0.1) is 0 Å². The molecule has 0 aliphatic carbocycles. The van der Waals surface area contributed by atoms with Gasteiger partial charge < -0.3 is 9.84 Å². The van der Waals surface area contributed by atoms with Crippen LogP contribution in [0.5, 0.6) is 0 Å². The molecule has 0 bridgehead atoms. The van der Waals surface area contributed by atoms with Gasteiger partial charge in [0.05, 0.1) is 6.42 Å². The van der Waals surface area contributed by atoms with Gasteiger partial charge in [0.15, 0.2) is 0 Å². The molecule has 0 aliphatic rings. The van der Waals surface area contributed by atoms with Crippen LogP contribution in [0.1, 0.15) is 36.5 Å². The molecule has 2 aromatic heterocycles. The Morgan fingerprint density at radius 2 is 1.96 bits per heavy atom. The topological polar surface area (TPSA) is 80.9 Å². The zero-order valence-corrected chi connectivity index (χ0v) is 14.9. The number of nitrogens with one attached hydrogen (secondary N) is 1. The Hall–Kier alpha value is -3.23. The lowest BCUT2D eigenvalue weighted by Crippen LogP contribution is -2.29. The highest BCUT2D eigenvalue weighted by molar-refractivity contribution is 5.78. The second-order valence-electron chi connectivity index (χ2n) is 6.07.